The van der Waals surface area contributed by atoms with E-state index in [2.05, 4.69) is 30.7 Å². The first kappa shape index (κ1) is 7.35. The van der Waals surface area contributed by atoms with E-state index in [0.717, 1.165) is 5.52 Å². The van der Waals surface area contributed by atoms with Crippen molar-refractivity contribution in [3.8, 4) is 0 Å². The molecule has 0 bridgehead atoms. The van der Waals surface area contributed by atoms with Gasteiger partial charge in [-0.3, -0.25) is 4.98 Å². The number of pyridine rings is 1. The van der Waals surface area contributed by atoms with E-state index in [-0.39, 0.29) is 0 Å². The number of rotatable bonds is 0. The van der Waals surface area contributed by atoms with E-state index >= 15 is 0 Å². The van der Waals surface area contributed by atoms with Gasteiger partial charge in [0.15, 0.2) is 0 Å². The van der Waals surface area contributed by atoms with Crippen LogP contribution in [0.4, 0.5) is 0 Å². The molecular weight excluding hydrogens is 148 g/mol. The minimum absolute atomic E-state index is 1.10. The fraction of sp³-hybridized carbons (Fsp3) is 0.300. The molecule has 0 aliphatic carbocycles. The largest absolute Gasteiger partial charge is 0.359 e. The van der Waals surface area contributed by atoms with Crippen molar-refractivity contribution in [3.63, 3.8) is 0 Å². The smallest absolute Gasteiger partial charge is 0.0910 e. The molecule has 0 radical (unpaired) electrons. The van der Waals surface area contributed by atoms with Crippen molar-refractivity contribution >= 4 is 11.0 Å². The van der Waals surface area contributed by atoms with Crippen LogP contribution in [0.5, 0.6) is 0 Å². The number of hydrogen-bond acceptors (Lipinski definition) is 1. The third-order valence-electron chi connectivity index (χ3n) is 2.40. The van der Waals surface area contributed by atoms with Crippen LogP contribution in [0.25, 0.3) is 11.0 Å². The summed E-state index contributed by atoms with van der Waals surface area (Å²) < 4.78 is 0. The highest BCUT2D eigenvalue weighted by Gasteiger charge is 2.04. The van der Waals surface area contributed by atoms with Gasteiger partial charge in [-0.25, -0.2) is 0 Å². The first-order valence-corrected chi connectivity index (χ1v) is 4.10. The van der Waals surface area contributed by atoms with Crippen molar-refractivity contribution in [2.24, 2.45) is 0 Å². The topological polar surface area (TPSA) is 28.7 Å². The molecule has 2 heterocycles. The third kappa shape index (κ3) is 0.843. The SMILES string of the molecule is Cc1cnc2c(C)c[nH]c2c1C. The van der Waals surface area contributed by atoms with Crippen molar-refractivity contribution in [3.05, 3.63) is 29.1 Å². The number of nitrogens with zero attached hydrogens (tertiary/aromatic N) is 1. The lowest BCUT2D eigenvalue weighted by Crippen LogP contribution is -1.85. The molecule has 0 aliphatic heterocycles. The number of nitrogens with one attached hydrogen (secondary N) is 1. The Kier molecular flexibility index (Phi) is 1.43. The van der Waals surface area contributed by atoms with Gasteiger partial charge in [0, 0.05) is 12.4 Å². The Balaban J connectivity index is 2.93. The number of fused-ring (bicyclic) bond motifs is 1. The summed E-state index contributed by atoms with van der Waals surface area (Å²) in [5, 5.41) is 0. The van der Waals surface area contributed by atoms with E-state index in [1.807, 2.05) is 12.4 Å². The highest BCUT2D eigenvalue weighted by Crippen LogP contribution is 2.20. The molecule has 0 saturated carbocycles. The quantitative estimate of drug-likeness (QED) is 0.630. The molecule has 62 valence electrons. The van der Waals surface area contributed by atoms with Crippen molar-refractivity contribution in [2.45, 2.75) is 20.8 Å². The zero-order valence-electron chi connectivity index (χ0n) is 7.60. The lowest BCUT2D eigenvalue weighted by molar-refractivity contribution is 1.26. The van der Waals surface area contributed by atoms with Crippen LogP contribution in [0.15, 0.2) is 12.4 Å². The molecule has 2 nitrogen and oxygen atoms in total. The van der Waals surface area contributed by atoms with Crippen LogP contribution in [0, 0.1) is 20.8 Å². The van der Waals surface area contributed by atoms with Gasteiger partial charge in [-0.15, -0.1) is 0 Å². The normalized spacial score (nSPS) is 10.9. The molecule has 2 aromatic rings. The van der Waals surface area contributed by atoms with Gasteiger partial charge in [0.05, 0.1) is 11.0 Å². The summed E-state index contributed by atoms with van der Waals surface area (Å²) in [6.45, 7) is 6.27. The van der Waals surface area contributed by atoms with Gasteiger partial charge in [-0.1, -0.05) is 0 Å². The number of aryl methyl sites for hydroxylation is 3. The lowest BCUT2D eigenvalue weighted by atomic mass is 10.1. The van der Waals surface area contributed by atoms with Gasteiger partial charge < -0.3 is 4.98 Å². The van der Waals surface area contributed by atoms with E-state index < -0.39 is 0 Å². The first-order chi connectivity index (χ1) is 5.70. The van der Waals surface area contributed by atoms with Gasteiger partial charge in [-0.2, -0.15) is 0 Å². The second-order valence-electron chi connectivity index (χ2n) is 3.26. The predicted molar refractivity (Wildman–Crippen MR) is 50.3 cm³/mol. The summed E-state index contributed by atoms with van der Waals surface area (Å²) in [7, 11) is 0. The maximum absolute atomic E-state index is 4.37. The van der Waals surface area contributed by atoms with Crippen LogP contribution in [0.2, 0.25) is 0 Å². The standard InChI is InChI=1S/C10H12N2/c1-6-4-11-9-7(2)5-12-10(9)8(6)3/h4-5,12H,1-3H3. The van der Waals surface area contributed by atoms with Gasteiger partial charge in [0.25, 0.3) is 0 Å². The van der Waals surface area contributed by atoms with Crippen molar-refractivity contribution in [1.29, 1.82) is 0 Å². The molecule has 0 fully saturated rings. The summed E-state index contributed by atoms with van der Waals surface area (Å²) in [6.07, 6.45) is 3.93. The van der Waals surface area contributed by atoms with Crippen LogP contribution in [-0.4, -0.2) is 9.97 Å². The summed E-state index contributed by atoms with van der Waals surface area (Å²) in [4.78, 5) is 7.60. The average Bonchev–Trinajstić information content (AvgIpc) is 2.41. The van der Waals surface area contributed by atoms with Gasteiger partial charge in [-0.05, 0) is 37.5 Å². The molecular formula is C10H12N2. The molecule has 0 saturated heterocycles. The third-order valence-corrected chi connectivity index (χ3v) is 2.40. The zero-order chi connectivity index (χ0) is 8.72. The van der Waals surface area contributed by atoms with E-state index in [1.54, 1.807) is 0 Å². The van der Waals surface area contributed by atoms with E-state index in [1.165, 1.54) is 22.2 Å². The molecule has 0 aliphatic rings. The number of aromatic amines is 1. The molecule has 2 aromatic heterocycles. The highest BCUT2D eigenvalue weighted by molar-refractivity contribution is 5.82. The Morgan fingerprint density at radius 3 is 2.67 bits per heavy atom. The van der Waals surface area contributed by atoms with E-state index in [9.17, 15) is 0 Å². The Morgan fingerprint density at radius 2 is 1.92 bits per heavy atom. The Labute approximate surface area is 71.6 Å². The van der Waals surface area contributed by atoms with Gasteiger partial charge in [0.2, 0.25) is 0 Å². The number of H-pyrrole nitrogens is 1. The summed E-state index contributed by atoms with van der Waals surface area (Å²) in [5.41, 5.74) is 6.02. The Hall–Kier alpha value is -1.31. The second-order valence-corrected chi connectivity index (χ2v) is 3.26. The molecule has 2 rings (SSSR count). The number of hydrogen-bond donors (Lipinski definition) is 1. The molecule has 0 amide bonds. The summed E-state index contributed by atoms with van der Waals surface area (Å²) >= 11 is 0. The minimum Gasteiger partial charge on any atom is -0.359 e. The molecule has 0 aromatic carbocycles. The van der Waals surface area contributed by atoms with Crippen molar-refractivity contribution in [2.75, 3.05) is 0 Å². The molecule has 0 atom stereocenters. The van der Waals surface area contributed by atoms with Crippen LogP contribution < -0.4 is 0 Å². The van der Waals surface area contributed by atoms with Crippen molar-refractivity contribution in [1.82, 2.24) is 9.97 Å². The maximum Gasteiger partial charge on any atom is 0.0910 e. The van der Waals surface area contributed by atoms with E-state index in [4.69, 9.17) is 0 Å². The molecule has 1 N–H and O–H groups in total. The van der Waals surface area contributed by atoms with Gasteiger partial charge in [0.1, 0.15) is 0 Å². The van der Waals surface area contributed by atoms with Crippen LogP contribution in [0.1, 0.15) is 16.7 Å². The van der Waals surface area contributed by atoms with Crippen LogP contribution >= 0.6 is 0 Å². The number of aromatic nitrogens is 2. The van der Waals surface area contributed by atoms with Crippen LogP contribution in [-0.2, 0) is 0 Å². The Morgan fingerprint density at radius 1 is 1.17 bits per heavy atom. The monoisotopic (exact) mass is 160 g/mol. The van der Waals surface area contributed by atoms with Crippen LogP contribution in [0.3, 0.4) is 0 Å². The first-order valence-electron chi connectivity index (χ1n) is 4.10. The van der Waals surface area contributed by atoms with Gasteiger partial charge >= 0.3 is 0 Å². The second kappa shape index (κ2) is 2.34. The summed E-state index contributed by atoms with van der Waals surface area (Å²) in [6, 6.07) is 0. The van der Waals surface area contributed by atoms with Crippen molar-refractivity contribution < 1.29 is 0 Å². The molecule has 0 unspecified atom stereocenters. The predicted octanol–water partition coefficient (Wildman–Crippen LogP) is 2.49. The molecule has 2 heteroatoms. The molecule has 0 spiro atoms. The Bertz CT molecular complexity index is 427. The fourth-order valence-electron chi connectivity index (χ4n) is 1.42. The zero-order valence-corrected chi connectivity index (χ0v) is 7.60. The minimum atomic E-state index is 1.10. The van der Waals surface area contributed by atoms with E-state index in [0.29, 0.717) is 0 Å². The lowest BCUT2D eigenvalue weighted by Gasteiger charge is -1.99. The molecule has 12 heavy (non-hydrogen) atoms. The average molecular weight is 160 g/mol. The summed E-state index contributed by atoms with van der Waals surface area (Å²) in [5.74, 6) is 0. The highest BCUT2D eigenvalue weighted by atomic mass is 14.8. The fourth-order valence-corrected chi connectivity index (χ4v) is 1.42. The maximum atomic E-state index is 4.37.